The van der Waals surface area contributed by atoms with Crippen LogP contribution < -0.4 is 0 Å². The molecule has 1 rings (SSSR count). The molecule has 1 aromatic rings. The van der Waals surface area contributed by atoms with E-state index in [0.29, 0.717) is 11.1 Å². The van der Waals surface area contributed by atoms with Crippen molar-refractivity contribution in [1.29, 1.82) is 0 Å². The highest BCUT2D eigenvalue weighted by Crippen LogP contribution is 2.19. The molecule has 0 bridgehead atoms. The Hall–Kier alpha value is -1.70. The van der Waals surface area contributed by atoms with Gasteiger partial charge in [-0.05, 0) is 0 Å². The van der Waals surface area contributed by atoms with Gasteiger partial charge in [0.2, 0.25) is 0 Å². The summed E-state index contributed by atoms with van der Waals surface area (Å²) in [5, 5.41) is 18.2. The quantitative estimate of drug-likeness (QED) is 0.656. The molecule has 0 aliphatic carbocycles. The van der Waals surface area contributed by atoms with Gasteiger partial charge in [-0.15, -0.1) is 0 Å². The molecule has 1 aromatic carbocycles. The Morgan fingerprint density at radius 3 is 1.50 bits per heavy atom. The van der Waals surface area contributed by atoms with Crippen LogP contribution in [-0.4, -0.2) is 10.2 Å². The van der Waals surface area contributed by atoms with E-state index >= 15 is 0 Å². The highest BCUT2D eigenvalue weighted by molar-refractivity contribution is 5.71. The molecule has 0 aromatic heterocycles. The van der Waals surface area contributed by atoms with Crippen LogP contribution in [0.4, 0.5) is 0 Å². The van der Waals surface area contributed by atoms with Crippen molar-refractivity contribution in [2.75, 3.05) is 0 Å². The Kier molecular flexibility index (Phi) is 2.19. The molecule has 0 atom stereocenters. The Morgan fingerprint density at radius 2 is 1.25 bits per heavy atom. The van der Waals surface area contributed by atoms with Crippen molar-refractivity contribution in [3.05, 3.63) is 48.6 Å². The molecule has 0 saturated carbocycles. The third-order valence-corrected chi connectivity index (χ3v) is 1.55. The first-order valence-corrected chi connectivity index (χ1v) is 3.48. The van der Waals surface area contributed by atoms with Crippen LogP contribution >= 0.6 is 0 Å². The summed E-state index contributed by atoms with van der Waals surface area (Å²) in [7, 11) is 0. The van der Waals surface area contributed by atoms with Gasteiger partial charge >= 0.3 is 0 Å². The number of aliphatic hydroxyl groups excluding tert-OH is 2. The molecule has 0 heterocycles. The minimum atomic E-state index is -0.0687. The Bertz CT molecular complexity index is 293. The predicted octanol–water partition coefficient (Wildman–Crippen LogP) is 2.74. The van der Waals surface area contributed by atoms with Crippen molar-refractivity contribution in [2.45, 2.75) is 0 Å². The molecule has 0 fully saturated rings. The summed E-state index contributed by atoms with van der Waals surface area (Å²) >= 11 is 0. The van der Waals surface area contributed by atoms with Crippen LogP contribution in [-0.2, 0) is 0 Å². The van der Waals surface area contributed by atoms with Crippen LogP contribution in [0.1, 0.15) is 11.1 Å². The molecule has 0 spiro atoms. The second-order valence-electron chi connectivity index (χ2n) is 2.44. The van der Waals surface area contributed by atoms with Gasteiger partial charge in [-0.2, -0.15) is 0 Å². The van der Waals surface area contributed by atoms with Crippen LogP contribution in [0.5, 0.6) is 0 Å². The van der Waals surface area contributed by atoms with Gasteiger partial charge < -0.3 is 10.2 Å². The van der Waals surface area contributed by atoms with E-state index in [2.05, 4.69) is 13.2 Å². The van der Waals surface area contributed by atoms with E-state index in [0.717, 1.165) is 0 Å². The largest absolute Gasteiger partial charge is 0.508 e. The summed E-state index contributed by atoms with van der Waals surface area (Å²) in [6.07, 6.45) is 0. The zero-order valence-corrected chi connectivity index (χ0v) is 6.62. The van der Waals surface area contributed by atoms with Crippen molar-refractivity contribution in [3.8, 4) is 0 Å². The van der Waals surface area contributed by atoms with Crippen molar-refractivity contribution >= 4 is 11.5 Å². The van der Waals surface area contributed by atoms with Gasteiger partial charge in [0, 0.05) is 11.1 Å². The third kappa shape index (κ3) is 1.48. The zero-order chi connectivity index (χ0) is 9.14. The lowest BCUT2D eigenvalue weighted by Gasteiger charge is -2.05. The SMILES string of the molecule is C=C(O)c1ccccc1C(=C)O. The maximum absolute atomic E-state index is 9.11. The van der Waals surface area contributed by atoms with Crippen molar-refractivity contribution in [3.63, 3.8) is 0 Å². The summed E-state index contributed by atoms with van der Waals surface area (Å²) in [4.78, 5) is 0. The lowest BCUT2D eigenvalue weighted by Crippen LogP contribution is -1.89. The van der Waals surface area contributed by atoms with E-state index in [4.69, 9.17) is 10.2 Å². The van der Waals surface area contributed by atoms with E-state index in [1.807, 2.05) is 0 Å². The first-order valence-electron chi connectivity index (χ1n) is 3.48. The van der Waals surface area contributed by atoms with Gasteiger partial charge in [0.05, 0.1) is 0 Å². The van der Waals surface area contributed by atoms with Crippen LogP contribution in [0.2, 0.25) is 0 Å². The molecule has 0 aliphatic heterocycles. The monoisotopic (exact) mass is 162 g/mol. The summed E-state index contributed by atoms with van der Waals surface area (Å²) in [5.41, 5.74) is 1.01. The Labute approximate surface area is 71.1 Å². The van der Waals surface area contributed by atoms with E-state index in [-0.39, 0.29) is 11.5 Å². The highest BCUT2D eigenvalue weighted by atomic mass is 16.3. The van der Waals surface area contributed by atoms with Gasteiger partial charge in [-0.1, -0.05) is 37.4 Å². The fourth-order valence-electron chi connectivity index (χ4n) is 0.986. The van der Waals surface area contributed by atoms with Crippen LogP contribution in [0.15, 0.2) is 37.4 Å². The van der Waals surface area contributed by atoms with Gasteiger partial charge in [0.1, 0.15) is 11.5 Å². The maximum Gasteiger partial charge on any atom is 0.116 e. The Balaban J connectivity index is 3.27. The highest BCUT2D eigenvalue weighted by Gasteiger charge is 2.05. The van der Waals surface area contributed by atoms with E-state index in [1.54, 1.807) is 24.3 Å². The van der Waals surface area contributed by atoms with Gasteiger partial charge in [0.25, 0.3) is 0 Å². The minimum Gasteiger partial charge on any atom is -0.508 e. The smallest absolute Gasteiger partial charge is 0.116 e. The molecular weight excluding hydrogens is 152 g/mol. The van der Waals surface area contributed by atoms with Gasteiger partial charge in [0.15, 0.2) is 0 Å². The van der Waals surface area contributed by atoms with E-state index in [1.165, 1.54) is 0 Å². The Morgan fingerprint density at radius 1 is 0.917 bits per heavy atom. The first kappa shape index (κ1) is 8.40. The van der Waals surface area contributed by atoms with Crippen molar-refractivity contribution in [2.24, 2.45) is 0 Å². The van der Waals surface area contributed by atoms with Crippen LogP contribution in [0.3, 0.4) is 0 Å². The maximum atomic E-state index is 9.11. The summed E-state index contributed by atoms with van der Waals surface area (Å²) in [5.74, 6) is -0.137. The first-order chi connectivity index (χ1) is 5.63. The lowest BCUT2D eigenvalue weighted by molar-refractivity contribution is 0.503. The molecule has 2 nitrogen and oxygen atoms in total. The summed E-state index contributed by atoms with van der Waals surface area (Å²) in [6, 6.07) is 6.84. The standard InChI is InChI=1S/C10H10O2/c1-7(11)9-5-3-4-6-10(9)8(2)12/h3-6,11-12H,1-2H2. The third-order valence-electron chi connectivity index (χ3n) is 1.55. The average molecular weight is 162 g/mol. The molecular formula is C10H10O2. The minimum absolute atomic E-state index is 0.0687. The fourth-order valence-corrected chi connectivity index (χ4v) is 0.986. The number of hydrogen-bond acceptors (Lipinski definition) is 2. The predicted molar refractivity (Wildman–Crippen MR) is 49.8 cm³/mol. The summed E-state index contributed by atoms with van der Waals surface area (Å²) < 4.78 is 0. The second-order valence-corrected chi connectivity index (χ2v) is 2.44. The topological polar surface area (TPSA) is 40.5 Å². The van der Waals surface area contributed by atoms with Gasteiger partial charge in [-0.25, -0.2) is 0 Å². The van der Waals surface area contributed by atoms with Crippen molar-refractivity contribution in [1.82, 2.24) is 0 Å². The van der Waals surface area contributed by atoms with Crippen molar-refractivity contribution < 1.29 is 10.2 Å². The second kappa shape index (κ2) is 3.13. The number of aliphatic hydroxyl groups is 2. The van der Waals surface area contributed by atoms with Crippen LogP contribution in [0, 0.1) is 0 Å². The van der Waals surface area contributed by atoms with Crippen LogP contribution in [0.25, 0.3) is 11.5 Å². The number of rotatable bonds is 2. The van der Waals surface area contributed by atoms with Gasteiger partial charge in [-0.3, -0.25) is 0 Å². The zero-order valence-electron chi connectivity index (χ0n) is 6.62. The molecule has 2 N–H and O–H groups in total. The molecule has 62 valence electrons. The molecule has 0 saturated heterocycles. The molecule has 0 radical (unpaired) electrons. The van der Waals surface area contributed by atoms with E-state index < -0.39 is 0 Å². The molecule has 0 amide bonds. The fraction of sp³-hybridized carbons (Fsp3) is 0. The number of benzene rings is 1. The molecule has 0 aliphatic rings. The molecule has 12 heavy (non-hydrogen) atoms. The normalized spacial score (nSPS) is 9.33. The summed E-state index contributed by atoms with van der Waals surface area (Å²) in [6.45, 7) is 6.74. The molecule has 2 heteroatoms. The number of hydrogen-bond donors (Lipinski definition) is 2. The lowest BCUT2D eigenvalue weighted by atomic mass is 10.1. The van der Waals surface area contributed by atoms with E-state index in [9.17, 15) is 0 Å². The average Bonchev–Trinajstić information content (AvgIpc) is 2.04. The molecule has 0 unspecified atom stereocenters.